The van der Waals surface area contributed by atoms with Crippen LogP contribution in [0.15, 0.2) is 18.5 Å². The molecule has 1 aromatic heterocycles. The van der Waals surface area contributed by atoms with Crippen molar-refractivity contribution in [2.75, 3.05) is 0 Å². The minimum absolute atomic E-state index is 0.0954. The fourth-order valence-electron chi connectivity index (χ4n) is 1.62. The number of hydrogen-bond acceptors (Lipinski definition) is 4. The van der Waals surface area contributed by atoms with Gasteiger partial charge in [0.2, 0.25) is 0 Å². The molecule has 2 unspecified atom stereocenters. The van der Waals surface area contributed by atoms with Gasteiger partial charge in [-0.3, -0.25) is 14.6 Å². The molecule has 1 fully saturated rings. The van der Waals surface area contributed by atoms with E-state index in [1.165, 1.54) is 12.4 Å². The van der Waals surface area contributed by atoms with Crippen LogP contribution in [0.4, 0.5) is 0 Å². The maximum absolute atomic E-state index is 11.5. The Bertz CT molecular complexity index is 388. The fraction of sp³-hybridized carbons (Fsp3) is 0.222. The van der Waals surface area contributed by atoms with E-state index < -0.39 is 12.2 Å². The average molecular weight is 175 g/mol. The molecule has 0 amide bonds. The summed E-state index contributed by atoms with van der Waals surface area (Å²) in [5.74, 6) is -0.213. The maximum atomic E-state index is 11.5. The first kappa shape index (κ1) is 6.91. The number of rotatable bonds is 0. The van der Waals surface area contributed by atoms with Crippen LogP contribution in [0.3, 0.4) is 0 Å². The Kier molecular flexibility index (Phi) is 1.08. The Hall–Kier alpha value is -1.55. The van der Waals surface area contributed by atoms with E-state index in [0.717, 1.165) is 0 Å². The zero-order valence-electron chi connectivity index (χ0n) is 6.56. The van der Waals surface area contributed by atoms with Crippen LogP contribution in [0.5, 0.6) is 0 Å². The molecule has 13 heavy (non-hydrogen) atoms. The van der Waals surface area contributed by atoms with Gasteiger partial charge in [-0.2, -0.15) is 0 Å². The number of hydrogen-bond donors (Lipinski definition) is 0. The van der Waals surface area contributed by atoms with Crippen LogP contribution in [0, 0.1) is 0 Å². The smallest absolute Gasteiger partial charge is 0.197 e. The quantitative estimate of drug-likeness (QED) is 0.529. The van der Waals surface area contributed by atoms with Crippen molar-refractivity contribution < 1.29 is 14.3 Å². The number of ether oxygens (including phenoxy) is 1. The Labute approximate surface area is 73.5 Å². The summed E-state index contributed by atoms with van der Waals surface area (Å²) in [6.45, 7) is 0. The number of ketones is 2. The van der Waals surface area contributed by atoms with Crippen LogP contribution in [-0.4, -0.2) is 28.8 Å². The molecule has 2 aliphatic rings. The van der Waals surface area contributed by atoms with Crippen molar-refractivity contribution in [3.05, 3.63) is 29.6 Å². The second kappa shape index (κ2) is 2.03. The Morgan fingerprint density at radius 3 is 2.62 bits per heavy atom. The molecule has 3 rings (SSSR count). The van der Waals surface area contributed by atoms with Gasteiger partial charge in [0.1, 0.15) is 0 Å². The lowest BCUT2D eigenvalue weighted by atomic mass is 9.91. The molecule has 2 heterocycles. The number of carbonyl (C=O) groups excluding carboxylic acids is 2. The molecule has 0 aromatic carbocycles. The summed E-state index contributed by atoms with van der Waals surface area (Å²) in [4.78, 5) is 26.8. The number of nitrogens with zero attached hydrogens (tertiary/aromatic N) is 1. The summed E-state index contributed by atoms with van der Waals surface area (Å²) >= 11 is 0. The first-order chi connectivity index (χ1) is 6.29. The highest BCUT2D eigenvalue weighted by molar-refractivity contribution is 6.20. The summed E-state index contributed by atoms with van der Waals surface area (Å²) in [6, 6.07) is 1.56. The molecule has 1 aromatic rings. The number of fused-ring (bicyclic) bond motifs is 2. The van der Waals surface area contributed by atoms with E-state index >= 15 is 0 Å². The van der Waals surface area contributed by atoms with Gasteiger partial charge in [0.05, 0.1) is 0 Å². The average Bonchev–Trinajstić information content (AvgIpc) is 2.94. The van der Waals surface area contributed by atoms with Gasteiger partial charge in [0, 0.05) is 23.5 Å². The molecule has 0 spiro atoms. The zero-order valence-corrected chi connectivity index (χ0v) is 6.56. The Morgan fingerprint density at radius 2 is 1.85 bits per heavy atom. The molecule has 64 valence electrons. The fourth-order valence-corrected chi connectivity index (χ4v) is 1.62. The van der Waals surface area contributed by atoms with Gasteiger partial charge >= 0.3 is 0 Å². The third kappa shape index (κ3) is 0.754. The van der Waals surface area contributed by atoms with Crippen molar-refractivity contribution in [2.24, 2.45) is 0 Å². The standard InChI is InChI=1S/C9H5NO3/c11-6-4-1-2-10-3-5(4)7(12)9-8(6)13-9/h1-3,8-9H. The van der Waals surface area contributed by atoms with E-state index in [0.29, 0.717) is 11.1 Å². The molecule has 0 saturated carbocycles. The first-order valence-electron chi connectivity index (χ1n) is 3.97. The minimum Gasteiger partial charge on any atom is -0.352 e. The van der Waals surface area contributed by atoms with E-state index in [1.807, 2.05) is 0 Å². The minimum atomic E-state index is -0.524. The predicted molar refractivity (Wildman–Crippen MR) is 41.6 cm³/mol. The first-order valence-corrected chi connectivity index (χ1v) is 3.97. The number of epoxide rings is 1. The molecule has 0 bridgehead atoms. The summed E-state index contributed by atoms with van der Waals surface area (Å²) in [5.41, 5.74) is 0.838. The van der Waals surface area contributed by atoms with E-state index in [-0.39, 0.29) is 11.6 Å². The van der Waals surface area contributed by atoms with E-state index in [2.05, 4.69) is 4.98 Å². The lowest BCUT2D eigenvalue weighted by molar-refractivity contribution is 0.0921. The molecule has 0 N–H and O–H groups in total. The van der Waals surface area contributed by atoms with Crippen molar-refractivity contribution in [1.29, 1.82) is 0 Å². The van der Waals surface area contributed by atoms with Gasteiger partial charge in [-0.1, -0.05) is 0 Å². The molecular formula is C9H5NO3. The van der Waals surface area contributed by atoms with Crippen LogP contribution in [0.25, 0.3) is 0 Å². The highest BCUT2D eigenvalue weighted by Gasteiger charge is 2.55. The van der Waals surface area contributed by atoms with Crippen molar-refractivity contribution in [3.63, 3.8) is 0 Å². The molecule has 1 aliphatic heterocycles. The SMILES string of the molecule is O=C1c2ccncc2C(=O)C2OC12. The van der Waals surface area contributed by atoms with Crippen LogP contribution in [0.2, 0.25) is 0 Å². The van der Waals surface area contributed by atoms with Crippen molar-refractivity contribution in [1.82, 2.24) is 4.98 Å². The van der Waals surface area contributed by atoms with Crippen molar-refractivity contribution in [2.45, 2.75) is 12.2 Å². The van der Waals surface area contributed by atoms with Gasteiger partial charge in [-0.15, -0.1) is 0 Å². The molecule has 2 atom stereocenters. The van der Waals surface area contributed by atoms with Crippen molar-refractivity contribution in [3.8, 4) is 0 Å². The van der Waals surface area contributed by atoms with Crippen LogP contribution in [-0.2, 0) is 4.74 Å². The van der Waals surface area contributed by atoms with E-state index in [4.69, 9.17) is 4.74 Å². The molecule has 1 aliphatic carbocycles. The van der Waals surface area contributed by atoms with Crippen LogP contribution >= 0.6 is 0 Å². The topological polar surface area (TPSA) is 59.6 Å². The lowest BCUT2D eigenvalue weighted by Crippen LogP contribution is -2.25. The molecular weight excluding hydrogens is 170 g/mol. The van der Waals surface area contributed by atoms with Gasteiger partial charge < -0.3 is 4.74 Å². The van der Waals surface area contributed by atoms with Gasteiger partial charge in [0.25, 0.3) is 0 Å². The van der Waals surface area contributed by atoms with Crippen LogP contribution < -0.4 is 0 Å². The second-order valence-corrected chi connectivity index (χ2v) is 3.13. The van der Waals surface area contributed by atoms with Crippen LogP contribution in [0.1, 0.15) is 20.7 Å². The van der Waals surface area contributed by atoms with E-state index in [1.54, 1.807) is 6.07 Å². The summed E-state index contributed by atoms with van der Waals surface area (Å²) in [7, 11) is 0. The summed E-state index contributed by atoms with van der Waals surface area (Å²) < 4.78 is 4.96. The molecule has 4 nitrogen and oxygen atoms in total. The third-order valence-electron chi connectivity index (χ3n) is 2.36. The third-order valence-corrected chi connectivity index (χ3v) is 2.36. The number of Topliss-reactive ketones (excluding diaryl/α,β-unsaturated/α-hetero) is 2. The lowest BCUT2D eigenvalue weighted by Gasteiger charge is -2.07. The normalized spacial score (nSPS) is 29.5. The number of pyridine rings is 1. The Morgan fingerprint density at radius 1 is 1.15 bits per heavy atom. The predicted octanol–water partition coefficient (Wildman–Crippen LogP) is 0.228. The monoisotopic (exact) mass is 175 g/mol. The maximum Gasteiger partial charge on any atom is 0.197 e. The highest BCUT2D eigenvalue weighted by Crippen LogP contribution is 2.35. The van der Waals surface area contributed by atoms with Crippen molar-refractivity contribution >= 4 is 11.6 Å². The number of aromatic nitrogens is 1. The van der Waals surface area contributed by atoms with Gasteiger partial charge in [-0.05, 0) is 6.07 Å². The largest absolute Gasteiger partial charge is 0.352 e. The zero-order chi connectivity index (χ0) is 9.00. The number of carbonyl (C=O) groups is 2. The van der Waals surface area contributed by atoms with E-state index in [9.17, 15) is 9.59 Å². The van der Waals surface area contributed by atoms with Gasteiger partial charge in [-0.25, -0.2) is 0 Å². The molecule has 1 saturated heterocycles. The Balaban J connectivity index is 2.26. The second-order valence-electron chi connectivity index (χ2n) is 3.13. The molecule has 4 heteroatoms. The summed E-state index contributed by atoms with van der Waals surface area (Å²) in [6.07, 6.45) is 1.90. The van der Waals surface area contributed by atoms with Gasteiger partial charge in [0.15, 0.2) is 23.8 Å². The highest BCUT2D eigenvalue weighted by atomic mass is 16.6. The summed E-state index contributed by atoms with van der Waals surface area (Å²) in [5, 5.41) is 0. The molecule has 0 radical (unpaired) electrons.